The molecule has 144 valence electrons. The molecule has 1 aliphatic heterocycles. The molecule has 4 rings (SSSR count). The van der Waals surface area contributed by atoms with Crippen LogP contribution in [-0.2, 0) is 11.8 Å². The van der Waals surface area contributed by atoms with E-state index in [-0.39, 0.29) is 11.9 Å². The first-order valence-corrected chi connectivity index (χ1v) is 10.1. The second kappa shape index (κ2) is 8.39. The van der Waals surface area contributed by atoms with Crippen LogP contribution in [0.5, 0.6) is 0 Å². The SMILES string of the molecule is Cn1cnnc1SCC(=O)NC1CCN(c2nccc(-c3ccccc3)n2)C1. The molecule has 1 unspecified atom stereocenters. The van der Waals surface area contributed by atoms with Gasteiger partial charge in [-0.3, -0.25) is 4.79 Å². The van der Waals surface area contributed by atoms with E-state index in [1.165, 1.54) is 11.8 Å². The van der Waals surface area contributed by atoms with Gasteiger partial charge >= 0.3 is 0 Å². The molecule has 28 heavy (non-hydrogen) atoms. The Morgan fingerprint density at radius 2 is 2.14 bits per heavy atom. The summed E-state index contributed by atoms with van der Waals surface area (Å²) in [6.45, 7) is 1.53. The zero-order valence-electron chi connectivity index (χ0n) is 15.5. The summed E-state index contributed by atoms with van der Waals surface area (Å²) in [5.74, 6) is 1.02. The van der Waals surface area contributed by atoms with Crippen LogP contribution in [0.1, 0.15) is 6.42 Å². The number of aromatic nitrogens is 5. The molecule has 0 bridgehead atoms. The fourth-order valence-corrected chi connectivity index (χ4v) is 3.83. The fraction of sp³-hybridized carbons (Fsp3) is 0.316. The molecule has 3 heterocycles. The minimum Gasteiger partial charge on any atom is -0.351 e. The quantitative estimate of drug-likeness (QED) is 0.636. The van der Waals surface area contributed by atoms with Crippen molar-refractivity contribution in [1.29, 1.82) is 0 Å². The minimum atomic E-state index is -0.00111. The van der Waals surface area contributed by atoms with Crippen molar-refractivity contribution in [1.82, 2.24) is 30.0 Å². The molecule has 0 radical (unpaired) electrons. The second-order valence-electron chi connectivity index (χ2n) is 6.62. The first-order chi connectivity index (χ1) is 13.7. The first-order valence-electron chi connectivity index (χ1n) is 9.08. The lowest BCUT2D eigenvalue weighted by atomic mass is 10.1. The largest absolute Gasteiger partial charge is 0.351 e. The van der Waals surface area contributed by atoms with Gasteiger partial charge in [-0.15, -0.1) is 10.2 Å². The van der Waals surface area contributed by atoms with Crippen LogP contribution in [0.3, 0.4) is 0 Å². The highest BCUT2D eigenvalue weighted by Crippen LogP contribution is 2.21. The van der Waals surface area contributed by atoms with Crippen LogP contribution in [0.25, 0.3) is 11.3 Å². The number of anilines is 1. The van der Waals surface area contributed by atoms with Crippen molar-refractivity contribution in [2.45, 2.75) is 17.6 Å². The molecule has 2 aromatic heterocycles. The third-order valence-corrected chi connectivity index (χ3v) is 5.59. The topological polar surface area (TPSA) is 88.8 Å². The van der Waals surface area contributed by atoms with Gasteiger partial charge in [0.1, 0.15) is 6.33 Å². The zero-order chi connectivity index (χ0) is 19.3. The van der Waals surface area contributed by atoms with E-state index in [1.54, 1.807) is 17.1 Å². The molecule has 1 aliphatic rings. The van der Waals surface area contributed by atoms with Crippen LogP contribution in [0.2, 0.25) is 0 Å². The number of amides is 1. The van der Waals surface area contributed by atoms with Crippen LogP contribution in [0, 0.1) is 0 Å². The Balaban J connectivity index is 1.33. The summed E-state index contributed by atoms with van der Waals surface area (Å²) >= 11 is 1.38. The molecular weight excluding hydrogens is 374 g/mol. The number of carbonyl (C=O) groups is 1. The molecule has 0 spiro atoms. The first kappa shape index (κ1) is 18.4. The van der Waals surface area contributed by atoms with Gasteiger partial charge in [0.25, 0.3) is 0 Å². The predicted octanol–water partition coefficient (Wildman–Crippen LogP) is 1.76. The maximum atomic E-state index is 12.2. The van der Waals surface area contributed by atoms with E-state index in [1.807, 2.05) is 43.4 Å². The fourth-order valence-electron chi connectivity index (χ4n) is 3.13. The summed E-state index contributed by atoms with van der Waals surface area (Å²) in [7, 11) is 1.86. The summed E-state index contributed by atoms with van der Waals surface area (Å²) in [6.07, 6.45) is 4.28. The van der Waals surface area contributed by atoms with Gasteiger partial charge in [0.15, 0.2) is 5.16 Å². The van der Waals surface area contributed by atoms with Gasteiger partial charge < -0.3 is 14.8 Å². The zero-order valence-corrected chi connectivity index (χ0v) is 16.3. The number of hydrogen-bond donors (Lipinski definition) is 1. The number of thioether (sulfide) groups is 1. The number of nitrogens with one attached hydrogen (secondary N) is 1. The number of hydrogen-bond acceptors (Lipinski definition) is 7. The minimum absolute atomic E-state index is 0.00111. The molecule has 1 atom stereocenters. The maximum absolute atomic E-state index is 12.2. The van der Waals surface area contributed by atoms with E-state index in [0.29, 0.717) is 18.2 Å². The predicted molar refractivity (Wildman–Crippen MR) is 108 cm³/mol. The highest BCUT2D eigenvalue weighted by molar-refractivity contribution is 7.99. The van der Waals surface area contributed by atoms with Gasteiger partial charge in [0, 0.05) is 37.9 Å². The average Bonchev–Trinajstić information content (AvgIpc) is 3.36. The summed E-state index contributed by atoms with van der Waals surface area (Å²) in [5.41, 5.74) is 1.97. The van der Waals surface area contributed by atoms with Crippen molar-refractivity contribution in [2.75, 3.05) is 23.7 Å². The molecule has 0 saturated carbocycles. The van der Waals surface area contributed by atoms with Crippen LogP contribution in [0.15, 0.2) is 54.1 Å². The van der Waals surface area contributed by atoms with Gasteiger partial charge in [-0.1, -0.05) is 42.1 Å². The van der Waals surface area contributed by atoms with Crippen LogP contribution >= 0.6 is 11.8 Å². The highest BCUT2D eigenvalue weighted by atomic mass is 32.2. The Morgan fingerprint density at radius 3 is 2.93 bits per heavy atom. The molecule has 9 heteroatoms. The normalized spacial score (nSPS) is 16.3. The van der Waals surface area contributed by atoms with E-state index >= 15 is 0 Å². The Hall–Kier alpha value is -2.94. The van der Waals surface area contributed by atoms with Gasteiger partial charge in [0.05, 0.1) is 11.4 Å². The summed E-state index contributed by atoms with van der Waals surface area (Å²) in [6, 6.07) is 12.1. The van der Waals surface area contributed by atoms with Gasteiger partial charge in [-0.05, 0) is 12.5 Å². The lowest BCUT2D eigenvalue weighted by Crippen LogP contribution is -2.38. The summed E-state index contributed by atoms with van der Waals surface area (Å²) in [4.78, 5) is 23.5. The number of nitrogens with zero attached hydrogens (tertiary/aromatic N) is 6. The lowest BCUT2D eigenvalue weighted by molar-refractivity contribution is -0.119. The van der Waals surface area contributed by atoms with Crippen molar-refractivity contribution < 1.29 is 4.79 Å². The van der Waals surface area contributed by atoms with Crippen LogP contribution < -0.4 is 10.2 Å². The van der Waals surface area contributed by atoms with E-state index in [9.17, 15) is 4.79 Å². The maximum Gasteiger partial charge on any atom is 0.230 e. The van der Waals surface area contributed by atoms with Crippen molar-refractivity contribution in [2.24, 2.45) is 7.05 Å². The van der Waals surface area contributed by atoms with Crippen molar-refractivity contribution in [3.63, 3.8) is 0 Å². The number of carbonyl (C=O) groups excluding carboxylic acids is 1. The summed E-state index contributed by atoms with van der Waals surface area (Å²) < 4.78 is 1.80. The average molecular weight is 395 g/mol. The molecule has 3 aromatic rings. The van der Waals surface area contributed by atoms with E-state index in [4.69, 9.17) is 4.98 Å². The molecule has 1 N–H and O–H groups in total. The Labute approximate surface area is 167 Å². The number of benzene rings is 1. The van der Waals surface area contributed by atoms with Crippen LogP contribution in [0.4, 0.5) is 5.95 Å². The van der Waals surface area contributed by atoms with Crippen molar-refractivity contribution in [3.05, 3.63) is 48.9 Å². The third-order valence-electron chi connectivity index (χ3n) is 4.55. The lowest BCUT2D eigenvalue weighted by Gasteiger charge is -2.17. The molecule has 1 aromatic carbocycles. The Morgan fingerprint density at radius 1 is 1.29 bits per heavy atom. The van der Waals surface area contributed by atoms with E-state index in [2.05, 4.69) is 25.4 Å². The van der Waals surface area contributed by atoms with Gasteiger partial charge in [-0.2, -0.15) is 0 Å². The molecule has 0 aliphatic carbocycles. The monoisotopic (exact) mass is 395 g/mol. The molecule has 8 nitrogen and oxygen atoms in total. The van der Waals surface area contributed by atoms with Crippen molar-refractivity contribution >= 4 is 23.6 Å². The van der Waals surface area contributed by atoms with Crippen LogP contribution in [-0.4, -0.2) is 55.5 Å². The Kier molecular flexibility index (Phi) is 5.52. The van der Waals surface area contributed by atoms with Gasteiger partial charge in [0.2, 0.25) is 11.9 Å². The Bertz CT molecular complexity index is 946. The standard InChI is InChI=1S/C19H21N7OS/c1-25-13-21-24-19(25)28-12-17(27)22-15-8-10-26(11-15)18-20-9-7-16(23-18)14-5-3-2-4-6-14/h2-7,9,13,15H,8,10-12H2,1H3,(H,22,27). The third kappa shape index (κ3) is 4.30. The smallest absolute Gasteiger partial charge is 0.230 e. The molecule has 1 saturated heterocycles. The molecular formula is C19H21N7OS. The highest BCUT2D eigenvalue weighted by Gasteiger charge is 2.26. The molecule has 1 fully saturated rings. The van der Waals surface area contributed by atoms with E-state index in [0.717, 1.165) is 29.4 Å². The number of rotatable bonds is 6. The van der Waals surface area contributed by atoms with Gasteiger partial charge in [-0.25, -0.2) is 9.97 Å². The summed E-state index contributed by atoms with van der Waals surface area (Å²) in [5, 5.41) is 11.6. The molecule has 1 amide bonds. The van der Waals surface area contributed by atoms with E-state index < -0.39 is 0 Å². The number of aryl methyl sites for hydroxylation is 1. The second-order valence-corrected chi connectivity index (χ2v) is 7.56. The van der Waals surface area contributed by atoms with Crippen molar-refractivity contribution in [3.8, 4) is 11.3 Å².